The molecule has 2 rings (SSSR count). The first-order chi connectivity index (χ1) is 9.10. The van der Waals surface area contributed by atoms with Crippen molar-refractivity contribution in [3.05, 3.63) is 52.5 Å². The summed E-state index contributed by atoms with van der Waals surface area (Å²) in [5, 5.41) is 7.64. The van der Waals surface area contributed by atoms with Gasteiger partial charge >= 0.3 is 0 Å². The molecule has 3 N–H and O–H groups in total. The molecule has 0 unspecified atom stereocenters. The first-order valence-corrected chi connectivity index (χ1v) is 7.17. The maximum Gasteiger partial charge on any atom is 0.123 e. The normalized spacial score (nSPS) is 10.2. The molecule has 0 aliphatic rings. The van der Waals surface area contributed by atoms with Gasteiger partial charge < -0.3 is 10.5 Å². The van der Waals surface area contributed by atoms with Gasteiger partial charge in [-0.05, 0) is 36.4 Å². The van der Waals surface area contributed by atoms with E-state index in [4.69, 9.17) is 15.9 Å². The van der Waals surface area contributed by atoms with Crippen LogP contribution in [0.2, 0.25) is 0 Å². The third kappa shape index (κ3) is 3.52. The Kier molecular flexibility index (Phi) is 4.50. The molecule has 0 heterocycles. The summed E-state index contributed by atoms with van der Waals surface area (Å²) in [6.45, 7) is 0. The van der Waals surface area contributed by atoms with E-state index in [2.05, 4.69) is 15.9 Å². The van der Waals surface area contributed by atoms with Gasteiger partial charge in [-0.15, -0.1) is 0 Å². The number of halogens is 1. The lowest BCUT2D eigenvalue weighted by molar-refractivity contribution is 0.413. The fourth-order valence-corrected chi connectivity index (χ4v) is 2.94. The predicted molar refractivity (Wildman–Crippen MR) is 82.3 cm³/mol. The number of hydrogen-bond donors (Lipinski definition) is 2. The molecule has 3 nitrogen and oxygen atoms in total. The van der Waals surface area contributed by atoms with E-state index < -0.39 is 0 Å². The van der Waals surface area contributed by atoms with E-state index in [1.165, 1.54) is 0 Å². The summed E-state index contributed by atoms with van der Waals surface area (Å²) in [4.78, 5) is 1.99. The first kappa shape index (κ1) is 14.0. The molecule has 98 valence electrons. The summed E-state index contributed by atoms with van der Waals surface area (Å²) in [6.07, 6.45) is 0. The van der Waals surface area contributed by atoms with Gasteiger partial charge in [0, 0.05) is 19.8 Å². The molecule has 5 heteroatoms. The number of rotatable bonds is 4. The van der Waals surface area contributed by atoms with E-state index >= 15 is 0 Å². The largest absolute Gasteiger partial charge is 0.497 e. The molecule has 0 aliphatic carbocycles. The van der Waals surface area contributed by atoms with E-state index in [-0.39, 0.29) is 5.84 Å². The van der Waals surface area contributed by atoms with Crippen LogP contribution in [0.25, 0.3) is 0 Å². The van der Waals surface area contributed by atoms with Crippen molar-refractivity contribution in [3.8, 4) is 5.75 Å². The summed E-state index contributed by atoms with van der Waals surface area (Å²) in [7, 11) is 1.64. The number of methoxy groups -OCH3 is 1. The maximum absolute atomic E-state index is 7.64. The molecule has 0 bridgehead atoms. The summed E-state index contributed by atoms with van der Waals surface area (Å²) >= 11 is 4.95. The molecule has 0 aromatic heterocycles. The average Bonchev–Trinajstić information content (AvgIpc) is 2.41. The lowest BCUT2D eigenvalue weighted by Crippen LogP contribution is -2.12. The van der Waals surface area contributed by atoms with Gasteiger partial charge in [-0.25, -0.2) is 0 Å². The van der Waals surface area contributed by atoms with Crippen LogP contribution in [-0.4, -0.2) is 12.9 Å². The van der Waals surface area contributed by atoms with Gasteiger partial charge in [0.15, 0.2) is 0 Å². The van der Waals surface area contributed by atoms with Crippen molar-refractivity contribution in [2.45, 2.75) is 9.79 Å². The van der Waals surface area contributed by atoms with Crippen molar-refractivity contribution >= 4 is 33.5 Å². The Bertz CT molecular complexity index is 616. The van der Waals surface area contributed by atoms with Gasteiger partial charge in [0.25, 0.3) is 0 Å². The Labute approximate surface area is 124 Å². The fourth-order valence-electron chi connectivity index (χ4n) is 1.59. The van der Waals surface area contributed by atoms with Crippen LogP contribution in [0.5, 0.6) is 5.75 Å². The molecule has 0 saturated carbocycles. The smallest absolute Gasteiger partial charge is 0.123 e. The average molecular weight is 337 g/mol. The number of nitrogen functional groups attached to an aromatic ring is 1. The maximum atomic E-state index is 7.64. The van der Waals surface area contributed by atoms with Crippen LogP contribution in [0, 0.1) is 5.41 Å². The molecular weight excluding hydrogens is 324 g/mol. The molecular formula is C14H13BrN2OS. The van der Waals surface area contributed by atoms with Gasteiger partial charge in [-0.1, -0.05) is 33.8 Å². The van der Waals surface area contributed by atoms with Crippen LogP contribution in [0.15, 0.2) is 56.7 Å². The minimum absolute atomic E-state index is 0.0618. The number of benzene rings is 2. The molecule has 19 heavy (non-hydrogen) atoms. The number of nitrogens with two attached hydrogens (primary N) is 1. The quantitative estimate of drug-likeness (QED) is 0.657. The molecule has 2 aromatic carbocycles. The Hall–Kier alpha value is -1.46. The fraction of sp³-hybridized carbons (Fsp3) is 0.0714. The van der Waals surface area contributed by atoms with Crippen LogP contribution < -0.4 is 10.5 Å². The van der Waals surface area contributed by atoms with Crippen molar-refractivity contribution in [2.24, 2.45) is 5.73 Å². The summed E-state index contributed by atoms with van der Waals surface area (Å²) in [5.41, 5.74) is 6.34. The predicted octanol–water partition coefficient (Wildman–Crippen LogP) is 3.89. The lowest BCUT2D eigenvalue weighted by atomic mass is 10.2. The Morgan fingerprint density at radius 3 is 2.74 bits per heavy atom. The van der Waals surface area contributed by atoms with E-state index in [0.717, 1.165) is 25.6 Å². The molecule has 0 radical (unpaired) electrons. The molecule has 0 spiro atoms. The second kappa shape index (κ2) is 6.12. The van der Waals surface area contributed by atoms with Gasteiger partial charge in [-0.2, -0.15) is 0 Å². The van der Waals surface area contributed by atoms with E-state index in [1.54, 1.807) is 18.9 Å². The van der Waals surface area contributed by atoms with Gasteiger partial charge in [0.1, 0.15) is 11.6 Å². The highest BCUT2D eigenvalue weighted by atomic mass is 79.9. The molecule has 0 aliphatic heterocycles. The number of ether oxygens (including phenoxy) is 1. The van der Waals surface area contributed by atoms with Gasteiger partial charge in [0.2, 0.25) is 0 Å². The van der Waals surface area contributed by atoms with Crippen LogP contribution in [-0.2, 0) is 0 Å². The third-order valence-corrected chi connectivity index (χ3v) is 4.06. The van der Waals surface area contributed by atoms with Crippen LogP contribution in [0.1, 0.15) is 5.56 Å². The molecule has 0 saturated heterocycles. The number of hydrogen-bond acceptors (Lipinski definition) is 3. The monoisotopic (exact) mass is 336 g/mol. The van der Waals surface area contributed by atoms with Crippen molar-refractivity contribution in [1.82, 2.24) is 0 Å². The van der Waals surface area contributed by atoms with Crippen molar-refractivity contribution in [1.29, 1.82) is 5.41 Å². The molecule has 0 atom stereocenters. The van der Waals surface area contributed by atoms with Gasteiger partial charge in [-0.3, -0.25) is 5.41 Å². The molecule has 2 aromatic rings. The van der Waals surface area contributed by atoms with Crippen LogP contribution in [0.3, 0.4) is 0 Å². The van der Waals surface area contributed by atoms with Crippen molar-refractivity contribution in [2.75, 3.05) is 7.11 Å². The van der Waals surface area contributed by atoms with Crippen LogP contribution >= 0.6 is 27.7 Å². The SMILES string of the molecule is COc1cccc(Sc2ccc(Br)cc2C(=N)N)c1. The second-order valence-electron chi connectivity index (χ2n) is 3.84. The zero-order valence-electron chi connectivity index (χ0n) is 10.3. The highest BCUT2D eigenvalue weighted by molar-refractivity contribution is 9.10. The van der Waals surface area contributed by atoms with E-state index in [9.17, 15) is 0 Å². The minimum Gasteiger partial charge on any atom is -0.497 e. The van der Waals surface area contributed by atoms with Crippen molar-refractivity contribution < 1.29 is 4.74 Å². The third-order valence-electron chi connectivity index (χ3n) is 2.50. The molecule has 0 amide bonds. The lowest BCUT2D eigenvalue weighted by Gasteiger charge is -2.09. The minimum atomic E-state index is 0.0618. The number of amidine groups is 1. The first-order valence-electron chi connectivity index (χ1n) is 5.56. The Balaban J connectivity index is 2.34. The van der Waals surface area contributed by atoms with E-state index in [1.807, 2.05) is 42.5 Å². The topological polar surface area (TPSA) is 59.1 Å². The Morgan fingerprint density at radius 2 is 2.05 bits per heavy atom. The standard InChI is InChI=1S/C14H13BrN2OS/c1-18-10-3-2-4-11(8-10)19-13-6-5-9(15)7-12(13)14(16)17/h2-8H,1H3,(H3,16,17). The summed E-state index contributed by atoms with van der Waals surface area (Å²) in [6, 6.07) is 13.5. The summed E-state index contributed by atoms with van der Waals surface area (Å²) in [5.74, 6) is 0.873. The highest BCUT2D eigenvalue weighted by Crippen LogP contribution is 2.33. The zero-order chi connectivity index (χ0) is 13.8. The Morgan fingerprint density at radius 1 is 1.26 bits per heavy atom. The van der Waals surface area contributed by atoms with Gasteiger partial charge in [0.05, 0.1) is 7.11 Å². The van der Waals surface area contributed by atoms with E-state index in [0.29, 0.717) is 0 Å². The summed E-state index contributed by atoms with van der Waals surface area (Å²) < 4.78 is 6.11. The molecule has 0 fully saturated rings. The van der Waals surface area contributed by atoms with Crippen LogP contribution in [0.4, 0.5) is 0 Å². The van der Waals surface area contributed by atoms with Crippen molar-refractivity contribution in [3.63, 3.8) is 0 Å². The highest BCUT2D eigenvalue weighted by Gasteiger charge is 2.08. The number of nitrogens with one attached hydrogen (secondary N) is 1. The zero-order valence-corrected chi connectivity index (χ0v) is 12.7. The second-order valence-corrected chi connectivity index (χ2v) is 5.87.